The van der Waals surface area contributed by atoms with Crippen LogP contribution in [0.5, 0.6) is 5.75 Å². The zero-order chi connectivity index (χ0) is 22.6. The molecular formula is C24H31Na2O7P. The first-order valence-corrected chi connectivity index (χ1v) is 13.3. The van der Waals surface area contributed by atoms with Gasteiger partial charge in [-0.3, -0.25) is 0 Å². The van der Waals surface area contributed by atoms with Gasteiger partial charge in [-0.2, -0.15) is 4.89 Å². The molecule has 5 atom stereocenters. The van der Waals surface area contributed by atoms with Crippen molar-refractivity contribution in [3.63, 3.8) is 0 Å². The molecule has 34 heavy (non-hydrogen) atoms. The topological polar surface area (TPSA) is 100 Å². The van der Waals surface area contributed by atoms with E-state index >= 15 is 0 Å². The SMILES string of the molecule is CCCC1C2=C(CCCC2)C2CCCC1C21OOC1(OC)c1ccc(OP(=O)([O-])[O-])cc1.[Na+].[Na+]. The summed E-state index contributed by atoms with van der Waals surface area (Å²) < 4.78 is 21.6. The van der Waals surface area contributed by atoms with Gasteiger partial charge in [-0.1, -0.05) is 30.9 Å². The summed E-state index contributed by atoms with van der Waals surface area (Å²) in [6.07, 6.45) is 10.4. The number of hydrogen-bond acceptors (Lipinski definition) is 7. The van der Waals surface area contributed by atoms with Crippen molar-refractivity contribution in [3.05, 3.63) is 41.0 Å². The van der Waals surface area contributed by atoms with Crippen LogP contribution in [0.4, 0.5) is 0 Å². The van der Waals surface area contributed by atoms with Crippen LogP contribution in [0.1, 0.15) is 70.3 Å². The minimum Gasteiger partial charge on any atom is -0.780 e. The van der Waals surface area contributed by atoms with E-state index in [0.29, 0.717) is 11.8 Å². The number of hydrogen-bond donors (Lipinski definition) is 0. The second kappa shape index (κ2) is 11.3. The number of benzene rings is 1. The molecule has 3 aliphatic carbocycles. The first-order valence-electron chi connectivity index (χ1n) is 11.8. The number of phosphoric acid groups is 1. The minimum atomic E-state index is -5.12. The van der Waals surface area contributed by atoms with Crippen molar-refractivity contribution in [2.45, 2.75) is 76.1 Å². The van der Waals surface area contributed by atoms with Gasteiger partial charge in [-0.25, -0.2) is 4.89 Å². The molecule has 10 heteroatoms. The predicted octanol–water partition coefficient (Wildman–Crippen LogP) is -1.88. The predicted molar refractivity (Wildman–Crippen MR) is 113 cm³/mol. The summed E-state index contributed by atoms with van der Waals surface area (Å²) in [5, 5.41) is 0. The van der Waals surface area contributed by atoms with Gasteiger partial charge in [0.15, 0.2) is 5.60 Å². The van der Waals surface area contributed by atoms with Crippen LogP contribution >= 0.6 is 7.82 Å². The van der Waals surface area contributed by atoms with Crippen molar-refractivity contribution in [3.8, 4) is 5.75 Å². The van der Waals surface area contributed by atoms with Crippen molar-refractivity contribution in [2.75, 3.05) is 7.11 Å². The molecule has 0 radical (unpaired) electrons. The Morgan fingerprint density at radius 3 is 2.26 bits per heavy atom. The molecule has 1 aromatic rings. The Kier molecular flexibility index (Phi) is 9.72. The van der Waals surface area contributed by atoms with Crippen LogP contribution in [0.3, 0.4) is 0 Å². The molecule has 5 unspecified atom stereocenters. The molecule has 7 nitrogen and oxygen atoms in total. The quantitative estimate of drug-likeness (QED) is 0.192. The van der Waals surface area contributed by atoms with E-state index in [-0.39, 0.29) is 70.8 Å². The smallest absolute Gasteiger partial charge is 0.780 e. The molecule has 0 aromatic heterocycles. The van der Waals surface area contributed by atoms with Crippen molar-refractivity contribution in [1.29, 1.82) is 0 Å². The maximum absolute atomic E-state index is 11.0. The Morgan fingerprint density at radius 1 is 1.03 bits per heavy atom. The van der Waals surface area contributed by atoms with Gasteiger partial charge in [0.2, 0.25) is 0 Å². The van der Waals surface area contributed by atoms with Crippen LogP contribution < -0.4 is 73.4 Å². The number of allylic oxidation sites excluding steroid dienone is 1. The zero-order valence-corrected chi connectivity index (χ0v) is 25.6. The van der Waals surface area contributed by atoms with Crippen molar-refractivity contribution in [2.24, 2.45) is 17.8 Å². The van der Waals surface area contributed by atoms with Gasteiger partial charge in [0.05, 0.1) is 0 Å². The molecule has 1 saturated carbocycles. The third-order valence-electron chi connectivity index (χ3n) is 8.14. The van der Waals surface area contributed by atoms with E-state index in [1.165, 1.54) is 37.8 Å². The van der Waals surface area contributed by atoms with Crippen LogP contribution in [-0.4, -0.2) is 12.7 Å². The monoisotopic (exact) mass is 508 g/mol. The maximum atomic E-state index is 11.0. The fraction of sp³-hybridized carbons (Fsp3) is 0.667. The van der Waals surface area contributed by atoms with Crippen LogP contribution in [0.25, 0.3) is 0 Å². The molecule has 176 valence electrons. The van der Waals surface area contributed by atoms with Gasteiger partial charge in [0, 0.05) is 24.5 Å². The molecular weight excluding hydrogens is 477 g/mol. The largest absolute Gasteiger partial charge is 1.00 e. The van der Waals surface area contributed by atoms with Gasteiger partial charge in [-0.05, 0) is 75.1 Å². The molecule has 1 spiro atoms. The normalized spacial score (nSPS) is 34.4. The van der Waals surface area contributed by atoms with Crippen LogP contribution in [0.15, 0.2) is 35.4 Å². The van der Waals surface area contributed by atoms with Gasteiger partial charge in [0.1, 0.15) is 13.6 Å². The molecule has 4 aliphatic rings. The molecule has 0 N–H and O–H groups in total. The maximum Gasteiger partial charge on any atom is 1.00 e. The average molecular weight is 508 g/mol. The Morgan fingerprint density at radius 2 is 1.71 bits per heavy atom. The van der Waals surface area contributed by atoms with Crippen LogP contribution in [-0.2, 0) is 24.9 Å². The van der Waals surface area contributed by atoms with Crippen LogP contribution in [0.2, 0.25) is 0 Å². The molecule has 2 fully saturated rings. The standard InChI is InChI=1S/C24H33O7P.2Na/c1-3-7-19-18-8-4-5-9-20(18)22-11-6-10-21(19)23(22)24(28-2,31-30-23)16-12-14-17(15-13-16)29-32(25,26)27;;/h12-15,19,21-22H,3-11H2,1-2H3,(H2,25,26,27);;/q;2*+1/p-2. The van der Waals surface area contributed by atoms with Gasteiger partial charge < -0.3 is 23.6 Å². The summed E-state index contributed by atoms with van der Waals surface area (Å²) in [6.45, 7) is 2.25. The molecule has 0 amide bonds. The third-order valence-corrected chi connectivity index (χ3v) is 8.57. The summed E-state index contributed by atoms with van der Waals surface area (Å²) in [5.41, 5.74) is 3.38. The number of phosphoric ester groups is 1. The first kappa shape index (κ1) is 29.3. The number of fused-ring (bicyclic) bond motifs is 1. The summed E-state index contributed by atoms with van der Waals surface area (Å²) in [6, 6.07) is 6.38. The number of ether oxygens (including phenoxy) is 1. The van der Waals surface area contributed by atoms with Gasteiger partial charge in [-0.15, -0.1) is 0 Å². The van der Waals surface area contributed by atoms with E-state index in [0.717, 1.165) is 37.7 Å². The van der Waals surface area contributed by atoms with Crippen LogP contribution in [0, 0.1) is 17.8 Å². The Balaban J connectivity index is 0.00000162. The number of methoxy groups -OCH3 is 1. The van der Waals surface area contributed by atoms with E-state index in [9.17, 15) is 14.4 Å². The fourth-order valence-electron chi connectivity index (χ4n) is 7.12. The van der Waals surface area contributed by atoms with E-state index in [1.807, 2.05) is 0 Å². The second-order valence-electron chi connectivity index (χ2n) is 9.59. The zero-order valence-electron chi connectivity index (χ0n) is 20.7. The second-order valence-corrected chi connectivity index (χ2v) is 10.7. The van der Waals surface area contributed by atoms with Crippen molar-refractivity contribution in [1.82, 2.24) is 0 Å². The molecule has 5 rings (SSSR count). The fourth-order valence-corrected chi connectivity index (χ4v) is 7.50. The third kappa shape index (κ3) is 4.61. The van der Waals surface area contributed by atoms with E-state index in [2.05, 4.69) is 11.4 Å². The van der Waals surface area contributed by atoms with Crippen molar-refractivity contribution >= 4 is 7.82 Å². The van der Waals surface area contributed by atoms with E-state index in [1.54, 1.807) is 30.4 Å². The Bertz CT molecular complexity index is 945. The van der Waals surface area contributed by atoms with Crippen molar-refractivity contribution < 1.29 is 92.5 Å². The average Bonchev–Trinajstić information content (AvgIpc) is 2.76. The molecule has 1 heterocycles. The minimum absolute atomic E-state index is 0. The Labute approximate surface area is 246 Å². The summed E-state index contributed by atoms with van der Waals surface area (Å²) in [5.74, 6) is -0.0849. The first-order chi connectivity index (χ1) is 15.4. The Hall–Kier alpha value is 0.790. The summed E-state index contributed by atoms with van der Waals surface area (Å²) in [7, 11) is -3.47. The summed E-state index contributed by atoms with van der Waals surface area (Å²) in [4.78, 5) is 34.0. The molecule has 1 aliphatic heterocycles. The number of rotatable bonds is 6. The van der Waals surface area contributed by atoms with Gasteiger partial charge >= 0.3 is 59.1 Å². The molecule has 1 saturated heterocycles. The molecule has 2 bridgehead atoms. The molecule has 1 aromatic carbocycles. The van der Waals surface area contributed by atoms with E-state index in [4.69, 9.17) is 14.5 Å². The summed E-state index contributed by atoms with van der Waals surface area (Å²) >= 11 is 0. The van der Waals surface area contributed by atoms with E-state index < -0.39 is 19.2 Å². The van der Waals surface area contributed by atoms with Gasteiger partial charge in [0.25, 0.3) is 5.79 Å².